The molecule has 0 amide bonds. The van der Waals surface area contributed by atoms with E-state index in [0.29, 0.717) is 12.0 Å². The predicted molar refractivity (Wildman–Crippen MR) is 67.0 cm³/mol. The quantitative estimate of drug-likeness (QED) is 0.753. The van der Waals surface area contributed by atoms with Crippen LogP contribution in [0.15, 0.2) is 30.3 Å². The molecule has 0 fully saturated rings. The number of unbranched alkanes of at least 4 members (excludes halogenated alkanes) is 1. The molecule has 84 valence electrons. The van der Waals surface area contributed by atoms with Gasteiger partial charge >= 0.3 is 0 Å². The van der Waals surface area contributed by atoms with Crippen molar-refractivity contribution in [3.05, 3.63) is 35.9 Å². The first-order valence-electron chi connectivity index (χ1n) is 6.10. The Kier molecular flexibility index (Phi) is 5.41. The second kappa shape index (κ2) is 6.62. The molecule has 0 saturated heterocycles. The lowest BCUT2D eigenvalue weighted by atomic mass is 9.87. The summed E-state index contributed by atoms with van der Waals surface area (Å²) >= 11 is 0. The van der Waals surface area contributed by atoms with E-state index in [-0.39, 0.29) is 0 Å². The van der Waals surface area contributed by atoms with E-state index < -0.39 is 0 Å². The molecule has 0 radical (unpaired) electrons. The summed E-state index contributed by atoms with van der Waals surface area (Å²) in [4.78, 5) is 0. The molecule has 0 bridgehead atoms. The molecule has 1 aromatic carbocycles. The Labute approximate surface area is 93.7 Å². The van der Waals surface area contributed by atoms with E-state index in [1.165, 1.54) is 18.4 Å². The van der Waals surface area contributed by atoms with E-state index in [2.05, 4.69) is 44.2 Å². The highest BCUT2D eigenvalue weighted by Gasteiger charge is 2.16. The number of benzene rings is 1. The molecule has 0 aliphatic carbocycles. The van der Waals surface area contributed by atoms with Crippen molar-refractivity contribution < 1.29 is 0 Å². The number of rotatable bonds is 6. The molecular weight excluding hydrogens is 182 g/mol. The third-order valence-corrected chi connectivity index (χ3v) is 3.08. The molecule has 0 aliphatic rings. The minimum atomic E-state index is 0.317. The highest BCUT2D eigenvalue weighted by atomic mass is 14.6. The lowest BCUT2D eigenvalue weighted by Crippen LogP contribution is -2.28. The topological polar surface area (TPSA) is 26.0 Å². The Hall–Kier alpha value is -0.820. The van der Waals surface area contributed by atoms with Crippen LogP contribution in [-0.4, -0.2) is 6.04 Å². The summed E-state index contributed by atoms with van der Waals surface area (Å²) in [5.74, 6) is 0.526. The summed E-state index contributed by atoms with van der Waals surface area (Å²) in [7, 11) is 0. The van der Waals surface area contributed by atoms with Crippen LogP contribution < -0.4 is 5.73 Å². The lowest BCUT2D eigenvalue weighted by Gasteiger charge is -2.22. The van der Waals surface area contributed by atoms with Crippen molar-refractivity contribution in [1.29, 1.82) is 0 Å². The van der Waals surface area contributed by atoms with E-state index in [1.54, 1.807) is 0 Å². The van der Waals surface area contributed by atoms with Crippen LogP contribution in [0.3, 0.4) is 0 Å². The minimum Gasteiger partial charge on any atom is -0.327 e. The third-order valence-electron chi connectivity index (χ3n) is 3.08. The normalized spacial score (nSPS) is 14.9. The van der Waals surface area contributed by atoms with Crippen molar-refractivity contribution in [3.63, 3.8) is 0 Å². The van der Waals surface area contributed by atoms with Gasteiger partial charge in [0.05, 0.1) is 0 Å². The van der Waals surface area contributed by atoms with Crippen LogP contribution in [-0.2, 0) is 0 Å². The lowest BCUT2D eigenvalue weighted by molar-refractivity contribution is 0.472. The first-order chi connectivity index (χ1) is 7.29. The van der Waals surface area contributed by atoms with Gasteiger partial charge in [0.2, 0.25) is 0 Å². The summed E-state index contributed by atoms with van der Waals surface area (Å²) in [5.41, 5.74) is 7.64. The highest BCUT2D eigenvalue weighted by molar-refractivity contribution is 5.20. The Bertz CT molecular complexity index is 255. The maximum atomic E-state index is 6.25. The first kappa shape index (κ1) is 12.3. The van der Waals surface area contributed by atoms with Crippen LogP contribution in [0, 0.1) is 0 Å². The van der Waals surface area contributed by atoms with Gasteiger partial charge in [0.1, 0.15) is 0 Å². The molecule has 0 aliphatic heterocycles. The van der Waals surface area contributed by atoms with Crippen molar-refractivity contribution in [2.24, 2.45) is 5.73 Å². The summed E-state index contributed by atoms with van der Waals surface area (Å²) in [6, 6.07) is 11.0. The van der Waals surface area contributed by atoms with Gasteiger partial charge in [-0.2, -0.15) is 0 Å². The van der Waals surface area contributed by atoms with E-state index in [9.17, 15) is 0 Å². The predicted octanol–water partition coefficient (Wildman–Crippen LogP) is 3.70. The first-order valence-corrected chi connectivity index (χ1v) is 6.10. The molecule has 1 aromatic rings. The van der Waals surface area contributed by atoms with Crippen LogP contribution >= 0.6 is 0 Å². The average Bonchev–Trinajstić information content (AvgIpc) is 2.29. The zero-order chi connectivity index (χ0) is 11.1. The molecule has 15 heavy (non-hydrogen) atoms. The Balaban J connectivity index is 2.63. The summed E-state index contributed by atoms with van der Waals surface area (Å²) in [6.07, 6.45) is 4.75. The number of hydrogen-bond acceptors (Lipinski definition) is 1. The van der Waals surface area contributed by atoms with Crippen LogP contribution in [0.2, 0.25) is 0 Å². The van der Waals surface area contributed by atoms with Gasteiger partial charge in [0.25, 0.3) is 0 Å². The second-order valence-corrected chi connectivity index (χ2v) is 4.23. The fourth-order valence-electron chi connectivity index (χ4n) is 2.13. The maximum absolute atomic E-state index is 6.25. The van der Waals surface area contributed by atoms with Gasteiger partial charge in [0, 0.05) is 6.04 Å². The van der Waals surface area contributed by atoms with Crippen molar-refractivity contribution >= 4 is 0 Å². The van der Waals surface area contributed by atoms with E-state index in [0.717, 1.165) is 12.8 Å². The molecule has 1 rings (SSSR count). The molecule has 0 heterocycles. The molecule has 2 atom stereocenters. The highest BCUT2D eigenvalue weighted by Crippen LogP contribution is 2.24. The van der Waals surface area contributed by atoms with Gasteiger partial charge in [0.15, 0.2) is 0 Å². The molecular formula is C14H23N. The molecule has 2 unspecified atom stereocenters. The molecule has 1 heteroatoms. The molecule has 1 nitrogen and oxygen atoms in total. The van der Waals surface area contributed by atoms with E-state index in [4.69, 9.17) is 5.73 Å². The monoisotopic (exact) mass is 205 g/mol. The largest absolute Gasteiger partial charge is 0.327 e. The molecule has 0 spiro atoms. The van der Waals surface area contributed by atoms with Crippen LogP contribution in [0.25, 0.3) is 0 Å². The number of hydrogen-bond donors (Lipinski definition) is 1. The van der Waals surface area contributed by atoms with Gasteiger partial charge in [-0.25, -0.2) is 0 Å². The van der Waals surface area contributed by atoms with E-state index >= 15 is 0 Å². The average molecular weight is 205 g/mol. The molecule has 2 N–H and O–H groups in total. The summed E-state index contributed by atoms with van der Waals surface area (Å²) in [6.45, 7) is 4.44. The zero-order valence-corrected chi connectivity index (χ0v) is 9.95. The van der Waals surface area contributed by atoms with Gasteiger partial charge in [-0.1, -0.05) is 57.0 Å². The van der Waals surface area contributed by atoms with Gasteiger partial charge in [-0.3, -0.25) is 0 Å². The van der Waals surface area contributed by atoms with Crippen LogP contribution in [0.4, 0.5) is 0 Å². The minimum absolute atomic E-state index is 0.317. The SMILES string of the molecule is CCCCC(N)C(CC)c1ccccc1. The van der Waals surface area contributed by atoms with Crippen LogP contribution in [0.5, 0.6) is 0 Å². The Morgan fingerprint density at radius 3 is 2.33 bits per heavy atom. The Morgan fingerprint density at radius 2 is 1.80 bits per heavy atom. The summed E-state index contributed by atoms with van der Waals surface area (Å²) in [5, 5.41) is 0. The smallest absolute Gasteiger partial charge is 0.0108 e. The van der Waals surface area contributed by atoms with Crippen molar-refractivity contribution in [1.82, 2.24) is 0 Å². The maximum Gasteiger partial charge on any atom is 0.0108 e. The van der Waals surface area contributed by atoms with Crippen molar-refractivity contribution in [2.75, 3.05) is 0 Å². The van der Waals surface area contributed by atoms with Crippen molar-refractivity contribution in [2.45, 2.75) is 51.5 Å². The van der Waals surface area contributed by atoms with Gasteiger partial charge in [-0.15, -0.1) is 0 Å². The van der Waals surface area contributed by atoms with Crippen molar-refractivity contribution in [3.8, 4) is 0 Å². The van der Waals surface area contributed by atoms with Gasteiger partial charge in [-0.05, 0) is 24.3 Å². The third kappa shape index (κ3) is 3.67. The molecule has 0 saturated carbocycles. The fraction of sp³-hybridized carbons (Fsp3) is 0.571. The van der Waals surface area contributed by atoms with Gasteiger partial charge < -0.3 is 5.73 Å². The Morgan fingerprint density at radius 1 is 1.13 bits per heavy atom. The van der Waals surface area contributed by atoms with E-state index in [1.807, 2.05) is 0 Å². The zero-order valence-electron chi connectivity index (χ0n) is 9.95. The standard InChI is InChI=1S/C14H23N/c1-3-5-11-14(15)13(4-2)12-9-7-6-8-10-12/h6-10,13-14H,3-5,11,15H2,1-2H3. The fourth-order valence-corrected chi connectivity index (χ4v) is 2.13. The second-order valence-electron chi connectivity index (χ2n) is 4.23. The molecule has 0 aromatic heterocycles. The summed E-state index contributed by atoms with van der Waals surface area (Å²) < 4.78 is 0. The number of nitrogens with two attached hydrogens (primary N) is 1. The van der Waals surface area contributed by atoms with Crippen LogP contribution in [0.1, 0.15) is 51.0 Å².